The summed E-state index contributed by atoms with van der Waals surface area (Å²) in [6, 6.07) is 60.3. The highest BCUT2D eigenvalue weighted by molar-refractivity contribution is 6.12. The second-order valence-electron chi connectivity index (χ2n) is 13.4. The van der Waals surface area contributed by atoms with Crippen LogP contribution in [-0.4, -0.2) is 24.5 Å². The second-order valence-corrected chi connectivity index (χ2v) is 13.4. The number of aromatic nitrogens is 5. The molecule has 0 amide bonds. The summed E-state index contributed by atoms with van der Waals surface area (Å²) in [4.78, 5) is 19.3. The molecular weight excluding hydrogens is 673 g/mol. The quantitative estimate of drug-likeness (QED) is 0.172. The van der Waals surface area contributed by atoms with Gasteiger partial charge in [-0.05, 0) is 87.6 Å². The van der Waals surface area contributed by atoms with Gasteiger partial charge in [0.25, 0.3) is 0 Å². The molecule has 6 nitrogen and oxygen atoms in total. The van der Waals surface area contributed by atoms with E-state index >= 15 is 0 Å². The van der Waals surface area contributed by atoms with Gasteiger partial charge in [0.15, 0.2) is 17.5 Å². The molecule has 0 fully saturated rings. The van der Waals surface area contributed by atoms with Gasteiger partial charge in [-0.1, -0.05) is 115 Å². The lowest BCUT2D eigenvalue weighted by atomic mass is 9.93. The maximum Gasteiger partial charge on any atom is 0.164 e. The van der Waals surface area contributed by atoms with Crippen molar-refractivity contribution in [2.75, 3.05) is 0 Å². The predicted octanol–water partition coefficient (Wildman–Crippen LogP) is 11.7. The average molecular weight is 703 g/mol. The van der Waals surface area contributed by atoms with Crippen molar-refractivity contribution in [2.24, 2.45) is 0 Å². The molecule has 0 radical (unpaired) electrons. The van der Waals surface area contributed by atoms with Crippen LogP contribution in [0.4, 0.5) is 0 Å². The van der Waals surface area contributed by atoms with Gasteiger partial charge in [-0.2, -0.15) is 5.26 Å². The molecule has 7 aromatic carbocycles. The van der Waals surface area contributed by atoms with E-state index in [0.717, 1.165) is 77.2 Å². The van der Waals surface area contributed by atoms with Crippen molar-refractivity contribution in [1.82, 2.24) is 24.5 Å². The molecule has 0 atom stereocenters. The third kappa shape index (κ3) is 5.68. The van der Waals surface area contributed by atoms with Crippen molar-refractivity contribution in [3.63, 3.8) is 0 Å². The summed E-state index contributed by atoms with van der Waals surface area (Å²) in [6.45, 7) is 0. The van der Waals surface area contributed by atoms with E-state index in [4.69, 9.17) is 15.0 Å². The van der Waals surface area contributed by atoms with Crippen molar-refractivity contribution in [3.8, 4) is 68.2 Å². The van der Waals surface area contributed by atoms with Crippen molar-refractivity contribution in [3.05, 3.63) is 188 Å². The van der Waals surface area contributed by atoms with E-state index in [1.807, 2.05) is 85.1 Å². The summed E-state index contributed by atoms with van der Waals surface area (Å²) < 4.78 is 2.28. The first-order valence-electron chi connectivity index (χ1n) is 18.1. The third-order valence-corrected chi connectivity index (χ3v) is 10.2. The van der Waals surface area contributed by atoms with Crippen LogP contribution in [0.2, 0.25) is 0 Å². The Morgan fingerprint density at radius 3 is 1.64 bits per heavy atom. The lowest BCUT2D eigenvalue weighted by molar-refractivity contribution is 1.08. The second kappa shape index (κ2) is 13.3. The SMILES string of the molecule is N#Cc1ccc2c(c1)c1cc(-c3ccc(-c4nc(-c5ccccc5)nc(-c5ccccc5)n4)c4ccccc34)ccc1n2-c1ccc(-c2cccnc2)cc1. The third-order valence-electron chi connectivity index (χ3n) is 10.2. The maximum atomic E-state index is 9.89. The molecule has 0 unspecified atom stereocenters. The zero-order valence-corrected chi connectivity index (χ0v) is 29.5. The van der Waals surface area contributed by atoms with E-state index in [0.29, 0.717) is 23.0 Å². The largest absolute Gasteiger partial charge is 0.309 e. The first-order valence-corrected chi connectivity index (χ1v) is 18.1. The fourth-order valence-electron chi connectivity index (χ4n) is 7.55. The molecule has 55 heavy (non-hydrogen) atoms. The van der Waals surface area contributed by atoms with Gasteiger partial charge in [0.05, 0.1) is 22.7 Å². The summed E-state index contributed by atoms with van der Waals surface area (Å²) in [5.74, 6) is 1.87. The minimum absolute atomic E-state index is 0.618. The Hall–Kier alpha value is -7.75. The van der Waals surface area contributed by atoms with Crippen molar-refractivity contribution >= 4 is 32.6 Å². The molecule has 0 saturated carbocycles. The van der Waals surface area contributed by atoms with Crippen LogP contribution in [0.3, 0.4) is 0 Å². The summed E-state index contributed by atoms with van der Waals surface area (Å²) in [5.41, 5.74) is 10.9. The molecule has 0 aliphatic carbocycles. The van der Waals surface area contributed by atoms with Crippen LogP contribution in [0.5, 0.6) is 0 Å². The van der Waals surface area contributed by atoms with E-state index in [9.17, 15) is 5.26 Å². The Bertz CT molecular complexity index is 3020. The smallest absolute Gasteiger partial charge is 0.164 e. The van der Waals surface area contributed by atoms with E-state index in [1.54, 1.807) is 6.20 Å². The van der Waals surface area contributed by atoms with Crippen LogP contribution in [0, 0.1) is 11.3 Å². The van der Waals surface area contributed by atoms with Crippen LogP contribution in [0.25, 0.3) is 94.7 Å². The number of hydrogen-bond acceptors (Lipinski definition) is 5. The van der Waals surface area contributed by atoms with Crippen molar-refractivity contribution in [1.29, 1.82) is 5.26 Å². The number of fused-ring (bicyclic) bond motifs is 4. The van der Waals surface area contributed by atoms with Gasteiger partial charge in [0.1, 0.15) is 0 Å². The number of pyridine rings is 1. The molecule has 6 heteroatoms. The monoisotopic (exact) mass is 702 g/mol. The highest BCUT2D eigenvalue weighted by atomic mass is 15.0. The van der Waals surface area contributed by atoms with E-state index in [2.05, 4.69) is 107 Å². The standard InChI is InChI=1S/C49H30N6/c50-30-32-17-25-45-43(28-32)44-29-36(20-26-46(44)55(45)38-21-18-33(19-22-38)37-14-9-27-51-31-37)39-23-24-42(41-16-8-7-15-40(39)41)49-53-47(34-10-3-1-4-11-34)52-48(54-49)35-12-5-2-6-13-35/h1-29,31H. The molecule has 0 saturated heterocycles. The van der Waals surface area contributed by atoms with Crippen molar-refractivity contribution < 1.29 is 0 Å². The van der Waals surface area contributed by atoms with Crippen LogP contribution in [-0.2, 0) is 0 Å². The Morgan fingerprint density at radius 1 is 0.418 bits per heavy atom. The fraction of sp³-hybridized carbons (Fsp3) is 0. The first-order chi connectivity index (χ1) is 27.2. The Labute approximate surface area is 317 Å². The van der Waals surface area contributed by atoms with E-state index < -0.39 is 0 Å². The van der Waals surface area contributed by atoms with Crippen LogP contribution < -0.4 is 0 Å². The molecule has 3 heterocycles. The average Bonchev–Trinajstić information content (AvgIpc) is 3.59. The van der Waals surface area contributed by atoms with Gasteiger partial charge >= 0.3 is 0 Å². The summed E-state index contributed by atoms with van der Waals surface area (Å²) in [7, 11) is 0. The topological polar surface area (TPSA) is 80.3 Å². The maximum absolute atomic E-state index is 9.89. The summed E-state index contributed by atoms with van der Waals surface area (Å²) in [6.07, 6.45) is 3.67. The molecule has 0 aliphatic rings. The van der Waals surface area contributed by atoms with Crippen LogP contribution in [0.1, 0.15) is 5.56 Å². The van der Waals surface area contributed by atoms with E-state index in [-0.39, 0.29) is 0 Å². The molecule has 0 bridgehead atoms. The Morgan fingerprint density at radius 2 is 0.982 bits per heavy atom. The van der Waals surface area contributed by atoms with Gasteiger partial charge in [0.2, 0.25) is 0 Å². The number of nitriles is 1. The normalized spacial score (nSPS) is 11.3. The van der Waals surface area contributed by atoms with Gasteiger partial charge < -0.3 is 4.57 Å². The molecule has 10 aromatic rings. The molecule has 0 spiro atoms. The van der Waals surface area contributed by atoms with Crippen molar-refractivity contribution in [2.45, 2.75) is 0 Å². The number of benzene rings is 7. The lowest BCUT2D eigenvalue weighted by Crippen LogP contribution is -2.00. The Balaban J connectivity index is 1.13. The van der Waals surface area contributed by atoms with Crippen LogP contribution >= 0.6 is 0 Å². The minimum Gasteiger partial charge on any atom is -0.309 e. The molecule has 10 rings (SSSR count). The zero-order chi connectivity index (χ0) is 36.7. The number of hydrogen-bond donors (Lipinski definition) is 0. The Kier molecular flexibility index (Phi) is 7.75. The molecule has 0 N–H and O–H groups in total. The molecular formula is C49H30N6. The zero-order valence-electron chi connectivity index (χ0n) is 29.5. The summed E-state index contributed by atoms with van der Waals surface area (Å²) >= 11 is 0. The van der Waals surface area contributed by atoms with Gasteiger partial charge in [-0.25, -0.2) is 15.0 Å². The fourth-order valence-corrected chi connectivity index (χ4v) is 7.55. The minimum atomic E-state index is 0.618. The molecule has 3 aromatic heterocycles. The number of nitrogens with zero attached hydrogens (tertiary/aromatic N) is 6. The van der Waals surface area contributed by atoms with Crippen LogP contribution in [0.15, 0.2) is 182 Å². The van der Waals surface area contributed by atoms with Gasteiger partial charge in [0, 0.05) is 45.5 Å². The van der Waals surface area contributed by atoms with Gasteiger partial charge in [-0.3, -0.25) is 4.98 Å². The van der Waals surface area contributed by atoms with E-state index in [1.165, 1.54) is 0 Å². The summed E-state index contributed by atoms with van der Waals surface area (Å²) in [5, 5.41) is 14.1. The molecule has 0 aliphatic heterocycles. The highest BCUT2D eigenvalue weighted by Crippen LogP contribution is 2.40. The van der Waals surface area contributed by atoms with Gasteiger partial charge in [-0.15, -0.1) is 0 Å². The highest BCUT2D eigenvalue weighted by Gasteiger charge is 2.18. The molecule has 256 valence electrons. The predicted molar refractivity (Wildman–Crippen MR) is 221 cm³/mol. The number of rotatable bonds is 6. The first kappa shape index (κ1) is 31.9. The lowest BCUT2D eigenvalue weighted by Gasteiger charge is -2.13.